The summed E-state index contributed by atoms with van der Waals surface area (Å²) in [5.41, 5.74) is 3.63. The summed E-state index contributed by atoms with van der Waals surface area (Å²) >= 11 is 1.27. The van der Waals surface area contributed by atoms with Crippen molar-refractivity contribution in [2.45, 2.75) is 32.1 Å². The maximum Gasteiger partial charge on any atom is 0.328 e. The van der Waals surface area contributed by atoms with Crippen LogP contribution in [0.4, 0.5) is 5.69 Å². The molecule has 0 bridgehead atoms. The highest BCUT2D eigenvalue weighted by molar-refractivity contribution is 7.99. The van der Waals surface area contributed by atoms with Crippen LogP contribution in [0.15, 0.2) is 52.4 Å². The first-order valence-corrected chi connectivity index (χ1v) is 12.1. The average Bonchev–Trinajstić information content (AvgIpc) is 3.34. The Morgan fingerprint density at radius 1 is 1.03 bits per heavy atom. The number of hydrogen-bond acceptors (Lipinski definition) is 6. The third-order valence-electron chi connectivity index (χ3n) is 5.69. The molecule has 2 N–H and O–H groups in total. The van der Waals surface area contributed by atoms with Gasteiger partial charge in [0.1, 0.15) is 0 Å². The van der Waals surface area contributed by atoms with Gasteiger partial charge in [0, 0.05) is 31.9 Å². The Labute approximate surface area is 206 Å². The van der Waals surface area contributed by atoms with Crippen LogP contribution in [-0.2, 0) is 32.0 Å². The van der Waals surface area contributed by atoms with E-state index in [0.29, 0.717) is 28.8 Å². The lowest BCUT2D eigenvalue weighted by molar-refractivity contribution is -0.113. The van der Waals surface area contributed by atoms with Crippen LogP contribution in [0.2, 0.25) is 0 Å². The molecule has 2 amide bonds. The Kier molecular flexibility index (Phi) is 7.06. The number of nitrogens with zero attached hydrogens (tertiary/aromatic N) is 5. The average molecular weight is 494 g/mol. The molecule has 0 aliphatic carbocycles. The maximum absolute atomic E-state index is 12.6. The second kappa shape index (κ2) is 10.2. The van der Waals surface area contributed by atoms with Crippen LogP contribution >= 0.6 is 11.8 Å². The number of nitrogens with one attached hydrogen (secondary N) is 2. The van der Waals surface area contributed by atoms with E-state index in [-0.39, 0.29) is 29.8 Å². The zero-order valence-electron chi connectivity index (χ0n) is 20.0. The second-order valence-corrected chi connectivity index (χ2v) is 9.08. The third kappa shape index (κ3) is 5.14. The van der Waals surface area contributed by atoms with E-state index in [9.17, 15) is 14.4 Å². The van der Waals surface area contributed by atoms with E-state index in [1.165, 1.54) is 11.8 Å². The molecule has 0 radical (unpaired) electrons. The molecule has 0 atom stereocenters. The van der Waals surface area contributed by atoms with Crippen LogP contribution in [0.1, 0.15) is 28.7 Å². The zero-order valence-corrected chi connectivity index (χ0v) is 20.8. The summed E-state index contributed by atoms with van der Waals surface area (Å²) in [6.07, 6.45) is 0. The minimum Gasteiger partial charge on any atom is -0.345 e. The number of imidazole rings is 1. The first-order chi connectivity index (χ1) is 16.8. The molecule has 182 valence electrons. The van der Waals surface area contributed by atoms with Gasteiger partial charge >= 0.3 is 5.69 Å². The Morgan fingerprint density at radius 3 is 2.54 bits per heavy atom. The molecule has 0 saturated heterocycles. The monoisotopic (exact) mass is 493 g/mol. The molecule has 0 spiro atoms. The number of amides is 2. The van der Waals surface area contributed by atoms with Crippen LogP contribution in [0.3, 0.4) is 0 Å². The molecule has 0 unspecified atom stereocenters. The SMILES string of the molecule is CCn1c(CNC(=O)c2cccc(C)c2)nnc1SCC(=O)Nc1ccc2c(c1)n(C)c(=O)n2C. The lowest BCUT2D eigenvalue weighted by Crippen LogP contribution is -2.25. The van der Waals surface area contributed by atoms with E-state index in [2.05, 4.69) is 20.8 Å². The van der Waals surface area contributed by atoms with Crippen LogP contribution in [0, 0.1) is 6.92 Å². The Bertz CT molecular complexity index is 1470. The van der Waals surface area contributed by atoms with Gasteiger partial charge in [-0.1, -0.05) is 29.5 Å². The fourth-order valence-electron chi connectivity index (χ4n) is 3.83. The van der Waals surface area contributed by atoms with E-state index in [1.807, 2.05) is 42.7 Å². The van der Waals surface area contributed by atoms with Gasteiger partial charge in [-0.3, -0.25) is 18.7 Å². The fraction of sp³-hybridized carbons (Fsp3) is 0.292. The zero-order chi connectivity index (χ0) is 25.1. The van der Waals surface area contributed by atoms with Gasteiger partial charge in [0.05, 0.1) is 23.3 Å². The molecule has 35 heavy (non-hydrogen) atoms. The summed E-state index contributed by atoms with van der Waals surface area (Å²) in [4.78, 5) is 37.1. The summed E-state index contributed by atoms with van der Waals surface area (Å²) in [6.45, 7) is 4.73. The molecule has 4 aromatic rings. The normalized spacial score (nSPS) is 11.1. The van der Waals surface area contributed by atoms with Gasteiger partial charge in [0.2, 0.25) is 5.91 Å². The number of benzene rings is 2. The smallest absolute Gasteiger partial charge is 0.328 e. The molecule has 2 heterocycles. The third-order valence-corrected chi connectivity index (χ3v) is 6.65. The predicted octanol–water partition coefficient (Wildman–Crippen LogP) is 2.46. The number of carbonyl (C=O) groups is 2. The van der Waals surface area contributed by atoms with E-state index >= 15 is 0 Å². The number of fused-ring (bicyclic) bond motifs is 1. The van der Waals surface area contributed by atoms with Crippen molar-refractivity contribution in [2.75, 3.05) is 11.1 Å². The van der Waals surface area contributed by atoms with Crippen molar-refractivity contribution in [3.8, 4) is 0 Å². The molecule has 10 nitrogen and oxygen atoms in total. The molecule has 0 aliphatic rings. The van der Waals surface area contributed by atoms with E-state index in [4.69, 9.17) is 0 Å². The summed E-state index contributed by atoms with van der Waals surface area (Å²) < 4.78 is 4.98. The largest absolute Gasteiger partial charge is 0.345 e. The molecule has 0 fully saturated rings. The van der Waals surface area contributed by atoms with E-state index in [0.717, 1.165) is 16.6 Å². The first-order valence-electron chi connectivity index (χ1n) is 11.1. The number of carbonyl (C=O) groups excluding carboxylic acids is 2. The molecular weight excluding hydrogens is 466 g/mol. The number of aromatic nitrogens is 5. The predicted molar refractivity (Wildman–Crippen MR) is 136 cm³/mol. The highest BCUT2D eigenvalue weighted by atomic mass is 32.2. The maximum atomic E-state index is 12.6. The number of aryl methyl sites for hydroxylation is 3. The summed E-state index contributed by atoms with van der Waals surface area (Å²) in [5, 5.41) is 14.7. The standard InChI is InChI=1S/C24H27N7O3S/c1-5-31-20(13-25-22(33)16-8-6-7-15(2)11-16)27-28-23(31)35-14-21(32)26-17-9-10-18-19(12-17)30(4)24(34)29(18)3/h6-12H,5,13-14H2,1-4H3,(H,25,33)(H,26,32). The van der Waals surface area contributed by atoms with Gasteiger partial charge in [-0.05, 0) is 44.2 Å². The van der Waals surface area contributed by atoms with Crippen molar-refractivity contribution < 1.29 is 9.59 Å². The first kappa shape index (κ1) is 24.3. The molecule has 0 saturated carbocycles. The number of hydrogen-bond donors (Lipinski definition) is 2. The van der Waals surface area contributed by atoms with Crippen LogP contribution in [0.25, 0.3) is 11.0 Å². The van der Waals surface area contributed by atoms with Crippen molar-refractivity contribution in [3.05, 3.63) is 69.9 Å². The highest BCUT2D eigenvalue weighted by Crippen LogP contribution is 2.20. The van der Waals surface area contributed by atoms with Gasteiger partial charge in [0.15, 0.2) is 11.0 Å². The van der Waals surface area contributed by atoms with Crippen molar-refractivity contribution in [3.63, 3.8) is 0 Å². The van der Waals surface area contributed by atoms with Crippen LogP contribution in [-0.4, -0.2) is 41.5 Å². The summed E-state index contributed by atoms with van der Waals surface area (Å²) in [6, 6.07) is 12.7. The topological polar surface area (TPSA) is 116 Å². The van der Waals surface area contributed by atoms with Gasteiger partial charge in [-0.15, -0.1) is 10.2 Å². The summed E-state index contributed by atoms with van der Waals surface area (Å²) in [5.74, 6) is 0.377. The second-order valence-electron chi connectivity index (χ2n) is 8.14. The van der Waals surface area contributed by atoms with Crippen molar-refractivity contribution >= 4 is 40.3 Å². The quantitative estimate of drug-likeness (QED) is 0.364. The number of thioether (sulfide) groups is 1. The lowest BCUT2D eigenvalue weighted by Gasteiger charge is -2.09. The van der Waals surface area contributed by atoms with Crippen molar-refractivity contribution in [2.24, 2.45) is 14.1 Å². The van der Waals surface area contributed by atoms with E-state index < -0.39 is 0 Å². The van der Waals surface area contributed by atoms with E-state index in [1.54, 1.807) is 41.4 Å². The van der Waals surface area contributed by atoms with Crippen LogP contribution in [0.5, 0.6) is 0 Å². The van der Waals surface area contributed by atoms with Crippen LogP contribution < -0.4 is 16.3 Å². The van der Waals surface area contributed by atoms with Crippen molar-refractivity contribution in [1.29, 1.82) is 0 Å². The fourth-order valence-corrected chi connectivity index (χ4v) is 4.65. The molecule has 0 aliphatic heterocycles. The minimum absolute atomic E-state index is 0.121. The van der Waals surface area contributed by atoms with Gasteiger partial charge in [0.25, 0.3) is 5.91 Å². The molecule has 2 aromatic carbocycles. The Hall–Kier alpha value is -3.86. The molecular formula is C24H27N7O3S. The van der Waals surface area contributed by atoms with Crippen molar-refractivity contribution in [1.82, 2.24) is 29.2 Å². The van der Waals surface area contributed by atoms with Gasteiger partial charge in [-0.25, -0.2) is 4.79 Å². The molecule has 2 aromatic heterocycles. The molecule has 11 heteroatoms. The van der Waals surface area contributed by atoms with Gasteiger partial charge < -0.3 is 15.2 Å². The lowest BCUT2D eigenvalue weighted by atomic mass is 10.1. The Morgan fingerprint density at radius 2 is 1.80 bits per heavy atom. The Balaban J connectivity index is 1.37. The number of anilines is 1. The number of rotatable bonds is 8. The summed E-state index contributed by atoms with van der Waals surface area (Å²) in [7, 11) is 3.41. The minimum atomic E-state index is -0.199. The highest BCUT2D eigenvalue weighted by Gasteiger charge is 2.15. The molecule has 4 rings (SSSR count). The van der Waals surface area contributed by atoms with Gasteiger partial charge in [-0.2, -0.15) is 0 Å².